The van der Waals surface area contributed by atoms with E-state index < -0.39 is 0 Å². The van der Waals surface area contributed by atoms with Crippen molar-refractivity contribution in [3.63, 3.8) is 0 Å². The molecule has 2 rings (SSSR count). The fraction of sp³-hybridized carbons (Fsp3) is 0.400. The van der Waals surface area contributed by atoms with E-state index in [2.05, 4.69) is 62.5 Å². The quantitative estimate of drug-likeness (QED) is 0.480. The van der Waals surface area contributed by atoms with Crippen molar-refractivity contribution in [3.8, 4) is 0 Å². The highest BCUT2D eigenvalue weighted by molar-refractivity contribution is 5.51. The smallest absolute Gasteiger partial charge is 0.0254 e. The zero-order chi connectivity index (χ0) is 14.2. The van der Waals surface area contributed by atoms with E-state index >= 15 is 0 Å². The lowest BCUT2D eigenvalue weighted by Crippen LogP contribution is -1.77. The molecule has 0 heteroatoms. The molecule has 0 aliphatic heterocycles. The zero-order valence-electron chi connectivity index (χ0n) is 12.9. The number of unbranched alkanes of at least 4 members (excludes halogenated alkanes) is 2. The first-order valence-corrected chi connectivity index (χ1v) is 8.01. The van der Waals surface area contributed by atoms with E-state index in [0.29, 0.717) is 0 Å². The standard InChI is InChI=1S/C20H26/c1-3-5-6-8-18-10-12-20(16-18)14-13-19-11-9-17(15-19)7-4-2/h9-16H,3-8H2,1-2H3/b19-13-,20-14-. The molecule has 2 aliphatic rings. The van der Waals surface area contributed by atoms with Gasteiger partial charge in [-0.15, -0.1) is 0 Å². The van der Waals surface area contributed by atoms with E-state index in [9.17, 15) is 0 Å². The summed E-state index contributed by atoms with van der Waals surface area (Å²) in [4.78, 5) is 0. The molecule has 0 N–H and O–H groups in total. The van der Waals surface area contributed by atoms with Crippen molar-refractivity contribution in [1.82, 2.24) is 0 Å². The van der Waals surface area contributed by atoms with Crippen LogP contribution in [0, 0.1) is 0 Å². The SMILES string of the molecule is CCCCCC1=C/C(=C\C=C2\C=CC(CCC)=C2)C=C1. The summed E-state index contributed by atoms with van der Waals surface area (Å²) in [5, 5.41) is 0. The molecule has 0 nitrogen and oxygen atoms in total. The van der Waals surface area contributed by atoms with Gasteiger partial charge in [-0.1, -0.05) is 81.7 Å². The van der Waals surface area contributed by atoms with Gasteiger partial charge in [-0.25, -0.2) is 0 Å². The summed E-state index contributed by atoms with van der Waals surface area (Å²) in [6, 6.07) is 0. The predicted molar refractivity (Wildman–Crippen MR) is 89.7 cm³/mol. The first-order valence-electron chi connectivity index (χ1n) is 8.01. The molecule has 2 aliphatic carbocycles. The minimum Gasteiger partial charge on any atom is -0.0654 e. The lowest BCUT2D eigenvalue weighted by atomic mass is 10.1. The maximum absolute atomic E-state index is 2.32. The van der Waals surface area contributed by atoms with Gasteiger partial charge < -0.3 is 0 Å². The maximum Gasteiger partial charge on any atom is -0.0254 e. The topological polar surface area (TPSA) is 0 Å². The molecule has 0 radical (unpaired) electrons. The van der Waals surface area contributed by atoms with Crippen LogP contribution < -0.4 is 0 Å². The predicted octanol–water partition coefficient (Wildman–Crippen LogP) is 6.21. The van der Waals surface area contributed by atoms with Crippen molar-refractivity contribution in [2.24, 2.45) is 0 Å². The largest absolute Gasteiger partial charge is 0.0654 e. The molecule has 0 bridgehead atoms. The van der Waals surface area contributed by atoms with Crippen LogP contribution in [0.1, 0.15) is 52.4 Å². The molecule has 106 valence electrons. The fourth-order valence-corrected chi connectivity index (χ4v) is 2.61. The van der Waals surface area contributed by atoms with Gasteiger partial charge >= 0.3 is 0 Å². The second kappa shape index (κ2) is 7.89. The molecule has 20 heavy (non-hydrogen) atoms. The van der Waals surface area contributed by atoms with Crippen LogP contribution in [0.15, 0.2) is 70.9 Å². The van der Waals surface area contributed by atoms with Crippen LogP contribution in [0.4, 0.5) is 0 Å². The van der Waals surface area contributed by atoms with Crippen molar-refractivity contribution >= 4 is 0 Å². The Bertz CT molecular complexity index is 504. The third kappa shape index (κ3) is 4.52. The lowest BCUT2D eigenvalue weighted by Gasteiger charge is -1.97. The molecule has 0 heterocycles. The van der Waals surface area contributed by atoms with Crippen molar-refractivity contribution in [2.75, 3.05) is 0 Å². The highest BCUT2D eigenvalue weighted by atomic mass is 14.1. The van der Waals surface area contributed by atoms with E-state index in [1.54, 1.807) is 0 Å². The van der Waals surface area contributed by atoms with E-state index in [4.69, 9.17) is 0 Å². The minimum absolute atomic E-state index is 1.19. The molecule has 0 aromatic rings. The molecule has 0 saturated carbocycles. The number of allylic oxidation sites excluding steroid dienone is 12. The Morgan fingerprint density at radius 1 is 0.700 bits per heavy atom. The average Bonchev–Trinajstić information content (AvgIpc) is 3.07. The highest BCUT2D eigenvalue weighted by Gasteiger charge is 2.03. The summed E-state index contributed by atoms with van der Waals surface area (Å²) in [6.45, 7) is 4.48. The maximum atomic E-state index is 2.32. The molecular formula is C20H26. The second-order valence-corrected chi connectivity index (χ2v) is 5.65. The molecule has 0 saturated heterocycles. The monoisotopic (exact) mass is 266 g/mol. The Labute approximate surface area is 124 Å². The van der Waals surface area contributed by atoms with Crippen LogP contribution in [0.5, 0.6) is 0 Å². The van der Waals surface area contributed by atoms with E-state index in [1.165, 1.54) is 60.8 Å². The Kier molecular flexibility index (Phi) is 5.86. The van der Waals surface area contributed by atoms with Crippen molar-refractivity contribution in [1.29, 1.82) is 0 Å². The summed E-state index contributed by atoms with van der Waals surface area (Å²) in [6.07, 6.45) is 25.6. The Morgan fingerprint density at radius 3 is 1.85 bits per heavy atom. The van der Waals surface area contributed by atoms with Crippen LogP contribution in [0.3, 0.4) is 0 Å². The molecule has 0 fully saturated rings. The summed E-state index contributed by atoms with van der Waals surface area (Å²) in [5.41, 5.74) is 5.58. The Morgan fingerprint density at radius 2 is 1.30 bits per heavy atom. The molecule has 0 spiro atoms. The molecule has 0 atom stereocenters. The van der Waals surface area contributed by atoms with Gasteiger partial charge in [-0.3, -0.25) is 0 Å². The van der Waals surface area contributed by atoms with Crippen LogP contribution in [-0.4, -0.2) is 0 Å². The number of hydrogen-bond donors (Lipinski definition) is 0. The van der Waals surface area contributed by atoms with Gasteiger partial charge in [-0.05, 0) is 41.6 Å². The number of hydrogen-bond acceptors (Lipinski definition) is 0. The molecular weight excluding hydrogens is 240 g/mol. The summed E-state index contributed by atoms with van der Waals surface area (Å²) in [7, 11) is 0. The van der Waals surface area contributed by atoms with Crippen LogP contribution in [0.25, 0.3) is 0 Å². The summed E-state index contributed by atoms with van der Waals surface area (Å²) in [5.74, 6) is 0. The fourth-order valence-electron chi connectivity index (χ4n) is 2.61. The summed E-state index contributed by atoms with van der Waals surface area (Å²) < 4.78 is 0. The molecule has 0 unspecified atom stereocenters. The Hall–Kier alpha value is -1.56. The van der Waals surface area contributed by atoms with Crippen molar-refractivity contribution in [2.45, 2.75) is 52.4 Å². The van der Waals surface area contributed by atoms with Crippen molar-refractivity contribution in [3.05, 3.63) is 70.9 Å². The number of rotatable bonds is 7. The van der Waals surface area contributed by atoms with Crippen LogP contribution in [0.2, 0.25) is 0 Å². The normalized spacial score (nSPS) is 21.1. The van der Waals surface area contributed by atoms with E-state index in [1.807, 2.05) is 0 Å². The zero-order valence-corrected chi connectivity index (χ0v) is 12.9. The molecule has 0 amide bonds. The minimum atomic E-state index is 1.19. The van der Waals surface area contributed by atoms with Crippen LogP contribution >= 0.6 is 0 Å². The first-order chi connectivity index (χ1) is 9.81. The Balaban J connectivity index is 1.91. The van der Waals surface area contributed by atoms with Gasteiger partial charge in [0.05, 0.1) is 0 Å². The first kappa shape index (κ1) is 14.8. The van der Waals surface area contributed by atoms with Gasteiger partial charge in [0.15, 0.2) is 0 Å². The van der Waals surface area contributed by atoms with Gasteiger partial charge in [0.2, 0.25) is 0 Å². The third-order valence-corrected chi connectivity index (χ3v) is 3.76. The van der Waals surface area contributed by atoms with Crippen LogP contribution in [-0.2, 0) is 0 Å². The average molecular weight is 266 g/mol. The van der Waals surface area contributed by atoms with Gasteiger partial charge in [0.1, 0.15) is 0 Å². The van der Waals surface area contributed by atoms with Gasteiger partial charge in [0.25, 0.3) is 0 Å². The van der Waals surface area contributed by atoms with Gasteiger partial charge in [0, 0.05) is 0 Å². The third-order valence-electron chi connectivity index (χ3n) is 3.76. The lowest BCUT2D eigenvalue weighted by molar-refractivity contribution is 0.720. The highest BCUT2D eigenvalue weighted by Crippen LogP contribution is 2.22. The van der Waals surface area contributed by atoms with E-state index in [0.717, 1.165) is 0 Å². The van der Waals surface area contributed by atoms with E-state index in [-0.39, 0.29) is 0 Å². The molecule has 0 aromatic carbocycles. The molecule has 0 aromatic heterocycles. The summed E-state index contributed by atoms with van der Waals surface area (Å²) >= 11 is 0. The second-order valence-electron chi connectivity index (χ2n) is 5.65. The van der Waals surface area contributed by atoms with Crippen molar-refractivity contribution < 1.29 is 0 Å². The van der Waals surface area contributed by atoms with Gasteiger partial charge in [-0.2, -0.15) is 0 Å².